The Morgan fingerprint density at radius 2 is 0.773 bits per heavy atom. The van der Waals surface area contributed by atoms with Gasteiger partial charge in [-0.2, -0.15) is 0 Å². The summed E-state index contributed by atoms with van der Waals surface area (Å²) in [6.07, 6.45) is 67.1. The third-order valence-corrected chi connectivity index (χ3v) is 12.8. The number of carbonyl (C=O) groups is 2. The lowest BCUT2D eigenvalue weighted by atomic mass is 10.0. The van der Waals surface area contributed by atoms with Crippen LogP contribution in [0.1, 0.15) is 284 Å². The van der Waals surface area contributed by atoms with Gasteiger partial charge >= 0.3 is 5.97 Å². The SMILES string of the molecule is CCCCC/C=C\C/C=C\C/C=C\C/C=C\CCCC(=O)OC(CCCCCCC/C=C/CCCCCCCC)CC(=O)NC(CO)C(O)CCCCCCCCCCCCCCCCC. The summed E-state index contributed by atoms with van der Waals surface area (Å²) in [7, 11) is 0. The number of esters is 1. The fourth-order valence-electron chi connectivity index (χ4n) is 8.48. The molecule has 0 aromatic carbocycles. The number of aliphatic hydroxyl groups is 2. The van der Waals surface area contributed by atoms with Crippen molar-refractivity contribution >= 4 is 11.9 Å². The molecule has 66 heavy (non-hydrogen) atoms. The Balaban J connectivity index is 4.65. The standard InChI is InChI=1S/C60H109NO5/c1-4-7-10-13-16-19-22-25-28-29-32-35-38-41-44-47-50-53-60(65)66-56(51-48-45-42-39-36-33-30-26-23-20-17-14-11-8-5-2)54-59(64)61-57(55-62)58(63)52-49-46-43-40-37-34-31-27-24-21-18-15-12-9-6-3/h16,19,25-26,28,30,32,35,41,44,56-58,62-63H,4-15,17-18,20-24,27,29,31,33-34,36-40,42-43,45-55H2,1-3H3,(H,61,64)/b19-16-,28-25-,30-26+,35-32-,44-41-. The van der Waals surface area contributed by atoms with Crippen molar-refractivity contribution in [3.05, 3.63) is 60.8 Å². The minimum Gasteiger partial charge on any atom is -0.462 e. The molecule has 0 aliphatic rings. The van der Waals surface area contributed by atoms with Gasteiger partial charge in [0.2, 0.25) is 5.91 Å². The molecule has 0 aliphatic heterocycles. The van der Waals surface area contributed by atoms with Gasteiger partial charge in [-0.15, -0.1) is 0 Å². The van der Waals surface area contributed by atoms with E-state index in [1.807, 2.05) is 0 Å². The van der Waals surface area contributed by atoms with E-state index in [9.17, 15) is 19.8 Å². The van der Waals surface area contributed by atoms with Crippen LogP contribution in [0.4, 0.5) is 0 Å². The zero-order valence-electron chi connectivity index (χ0n) is 43.8. The van der Waals surface area contributed by atoms with Crippen molar-refractivity contribution in [2.24, 2.45) is 0 Å². The van der Waals surface area contributed by atoms with Gasteiger partial charge in [0.15, 0.2) is 0 Å². The van der Waals surface area contributed by atoms with Crippen molar-refractivity contribution in [2.45, 2.75) is 302 Å². The van der Waals surface area contributed by atoms with Gasteiger partial charge < -0.3 is 20.3 Å². The lowest BCUT2D eigenvalue weighted by molar-refractivity contribution is -0.151. The van der Waals surface area contributed by atoms with E-state index < -0.39 is 18.2 Å². The fourth-order valence-corrected chi connectivity index (χ4v) is 8.48. The van der Waals surface area contributed by atoms with E-state index in [-0.39, 0.29) is 24.9 Å². The molecular formula is C60H109NO5. The van der Waals surface area contributed by atoms with E-state index in [2.05, 4.69) is 86.8 Å². The van der Waals surface area contributed by atoms with Crippen LogP contribution in [-0.2, 0) is 14.3 Å². The second-order valence-corrected chi connectivity index (χ2v) is 19.3. The van der Waals surface area contributed by atoms with Crippen LogP contribution in [0, 0.1) is 0 Å². The topological polar surface area (TPSA) is 95.9 Å². The van der Waals surface area contributed by atoms with Crippen molar-refractivity contribution in [1.82, 2.24) is 5.32 Å². The van der Waals surface area contributed by atoms with E-state index in [1.165, 1.54) is 161 Å². The number of unbranched alkanes of at least 4 members (excludes halogenated alkanes) is 29. The van der Waals surface area contributed by atoms with Crippen LogP contribution in [0.15, 0.2) is 60.8 Å². The number of amides is 1. The van der Waals surface area contributed by atoms with Crippen molar-refractivity contribution in [3.8, 4) is 0 Å². The third-order valence-electron chi connectivity index (χ3n) is 12.8. The predicted molar refractivity (Wildman–Crippen MR) is 287 cm³/mol. The van der Waals surface area contributed by atoms with Gasteiger partial charge in [-0.1, -0.05) is 242 Å². The molecule has 0 aromatic heterocycles. The molecule has 0 rings (SSSR count). The average Bonchev–Trinajstić information content (AvgIpc) is 3.31. The first-order valence-electron chi connectivity index (χ1n) is 28.5. The van der Waals surface area contributed by atoms with Gasteiger partial charge in [-0.05, 0) is 89.9 Å². The first-order valence-corrected chi connectivity index (χ1v) is 28.5. The fraction of sp³-hybridized carbons (Fsp3) is 0.800. The van der Waals surface area contributed by atoms with E-state index >= 15 is 0 Å². The number of carbonyl (C=O) groups excluding carboxylic acids is 2. The number of rotatable bonds is 51. The maximum absolute atomic E-state index is 13.3. The van der Waals surface area contributed by atoms with Crippen LogP contribution in [0.3, 0.4) is 0 Å². The zero-order valence-corrected chi connectivity index (χ0v) is 43.8. The molecule has 0 saturated heterocycles. The lowest BCUT2D eigenvalue weighted by Gasteiger charge is -2.24. The van der Waals surface area contributed by atoms with Crippen molar-refractivity contribution < 1.29 is 24.5 Å². The van der Waals surface area contributed by atoms with Crippen LogP contribution in [0.25, 0.3) is 0 Å². The average molecular weight is 925 g/mol. The van der Waals surface area contributed by atoms with E-state index in [4.69, 9.17) is 4.74 Å². The highest BCUT2D eigenvalue weighted by Crippen LogP contribution is 2.18. The Morgan fingerprint density at radius 3 is 1.21 bits per heavy atom. The highest BCUT2D eigenvalue weighted by molar-refractivity contribution is 5.77. The highest BCUT2D eigenvalue weighted by atomic mass is 16.5. The van der Waals surface area contributed by atoms with Crippen LogP contribution in [-0.4, -0.2) is 46.9 Å². The van der Waals surface area contributed by atoms with E-state index in [0.717, 1.165) is 70.6 Å². The Bertz CT molecular complexity index is 1170. The quantitative estimate of drug-likeness (QED) is 0.0321. The van der Waals surface area contributed by atoms with Crippen molar-refractivity contribution in [3.63, 3.8) is 0 Å². The molecule has 0 bridgehead atoms. The van der Waals surface area contributed by atoms with Crippen LogP contribution < -0.4 is 5.32 Å². The number of hydrogen-bond acceptors (Lipinski definition) is 5. The molecule has 0 radical (unpaired) electrons. The van der Waals surface area contributed by atoms with E-state index in [0.29, 0.717) is 25.7 Å². The van der Waals surface area contributed by atoms with Gasteiger partial charge in [0, 0.05) is 6.42 Å². The maximum atomic E-state index is 13.3. The molecule has 6 heteroatoms. The number of nitrogens with one attached hydrogen (secondary N) is 1. The molecule has 0 heterocycles. The molecule has 1 amide bonds. The molecule has 6 nitrogen and oxygen atoms in total. The van der Waals surface area contributed by atoms with Crippen LogP contribution in [0.2, 0.25) is 0 Å². The summed E-state index contributed by atoms with van der Waals surface area (Å²) in [5, 5.41) is 23.9. The minimum absolute atomic E-state index is 0.0501. The van der Waals surface area contributed by atoms with Gasteiger partial charge in [0.25, 0.3) is 0 Å². The molecule has 0 saturated carbocycles. The highest BCUT2D eigenvalue weighted by Gasteiger charge is 2.24. The largest absolute Gasteiger partial charge is 0.462 e. The summed E-state index contributed by atoms with van der Waals surface area (Å²) in [5.74, 6) is -0.542. The first kappa shape index (κ1) is 63.6. The summed E-state index contributed by atoms with van der Waals surface area (Å²) in [6, 6.07) is -0.717. The second kappa shape index (κ2) is 53.5. The summed E-state index contributed by atoms with van der Waals surface area (Å²) in [6.45, 7) is 6.46. The van der Waals surface area contributed by atoms with Gasteiger partial charge in [0.05, 0.1) is 25.2 Å². The molecule has 3 atom stereocenters. The minimum atomic E-state index is -0.801. The Labute approximate surface area is 409 Å². The van der Waals surface area contributed by atoms with Crippen LogP contribution >= 0.6 is 0 Å². The number of ether oxygens (including phenoxy) is 1. The summed E-state index contributed by atoms with van der Waals surface area (Å²) < 4.78 is 5.93. The monoisotopic (exact) mass is 924 g/mol. The summed E-state index contributed by atoms with van der Waals surface area (Å²) in [4.78, 5) is 26.2. The van der Waals surface area contributed by atoms with E-state index in [1.54, 1.807) is 0 Å². The maximum Gasteiger partial charge on any atom is 0.306 e. The van der Waals surface area contributed by atoms with Crippen LogP contribution in [0.5, 0.6) is 0 Å². The first-order chi connectivity index (χ1) is 32.5. The summed E-state index contributed by atoms with van der Waals surface area (Å²) >= 11 is 0. The molecule has 0 spiro atoms. The normalized spacial score (nSPS) is 13.6. The second-order valence-electron chi connectivity index (χ2n) is 19.3. The van der Waals surface area contributed by atoms with Crippen molar-refractivity contribution in [2.75, 3.05) is 6.61 Å². The van der Waals surface area contributed by atoms with Gasteiger partial charge in [0.1, 0.15) is 6.10 Å². The smallest absolute Gasteiger partial charge is 0.306 e. The molecule has 3 N–H and O–H groups in total. The molecule has 0 aromatic rings. The lowest BCUT2D eigenvalue weighted by Crippen LogP contribution is -2.46. The zero-order chi connectivity index (χ0) is 48.1. The number of hydrogen-bond donors (Lipinski definition) is 3. The molecule has 384 valence electrons. The number of aliphatic hydroxyl groups excluding tert-OH is 2. The Morgan fingerprint density at radius 1 is 0.439 bits per heavy atom. The van der Waals surface area contributed by atoms with Crippen molar-refractivity contribution in [1.29, 1.82) is 0 Å². The molecule has 0 fully saturated rings. The predicted octanol–water partition coefficient (Wildman–Crippen LogP) is 17.6. The molecular weight excluding hydrogens is 815 g/mol. The van der Waals surface area contributed by atoms with Gasteiger partial charge in [-0.3, -0.25) is 9.59 Å². The Kier molecular flexibility index (Phi) is 51.5. The molecule has 0 aliphatic carbocycles. The number of allylic oxidation sites excluding steroid dienone is 10. The third kappa shape index (κ3) is 48.0. The Hall–Kier alpha value is -2.44. The summed E-state index contributed by atoms with van der Waals surface area (Å²) in [5.41, 5.74) is 0. The van der Waals surface area contributed by atoms with Gasteiger partial charge in [-0.25, -0.2) is 0 Å². The molecule has 3 unspecified atom stereocenters.